The average Bonchev–Trinajstić information content (AvgIpc) is 2.63. The summed E-state index contributed by atoms with van der Waals surface area (Å²) in [6, 6.07) is 9.19. The number of amides is 2. The summed E-state index contributed by atoms with van der Waals surface area (Å²) < 4.78 is 5.32. The van der Waals surface area contributed by atoms with Crippen molar-refractivity contribution < 1.29 is 14.6 Å². The van der Waals surface area contributed by atoms with E-state index in [1.165, 1.54) is 0 Å². The van der Waals surface area contributed by atoms with Gasteiger partial charge in [-0.25, -0.2) is 9.78 Å². The molecular formula is C15H17N5O3. The molecule has 1 aromatic heterocycles. The topological polar surface area (TPSA) is 100 Å². The molecule has 120 valence electrons. The maximum absolute atomic E-state index is 12.2. The molecule has 0 aliphatic carbocycles. The minimum Gasteiger partial charge on any atom is -0.394 e. The first-order chi connectivity index (χ1) is 11.3. The van der Waals surface area contributed by atoms with Crippen molar-refractivity contribution in [3.8, 4) is 11.3 Å². The van der Waals surface area contributed by atoms with Crippen molar-refractivity contribution >= 4 is 12.0 Å². The summed E-state index contributed by atoms with van der Waals surface area (Å²) in [5.41, 5.74) is 1.52. The summed E-state index contributed by atoms with van der Waals surface area (Å²) in [4.78, 5) is 18.1. The summed E-state index contributed by atoms with van der Waals surface area (Å²) in [5, 5.41) is 19.5. The van der Waals surface area contributed by atoms with Crippen LogP contribution >= 0.6 is 0 Å². The molecule has 2 aromatic rings. The zero-order valence-electron chi connectivity index (χ0n) is 12.4. The quantitative estimate of drug-likeness (QED) is 0.867. The van der Waals surface area contributed by atoms with Gasteiger partial charge in [-0.3, -0.25) is 5.32 Å². The molecule has 1 atom stereocenters. The van der Waals surface area contributed by atoms with Gasteiger partial charge in [-0.05, 0) is 0 Å². The van der Waals surface area contributed by atoms with E-state index in [9.17, 15) is 4.79 Å². The van der Waals surface area contributed by atoms with Gasteiger partial charge >= 0.3 is 6.03 Å². The lowest BCUT2D eigenvalue weighted by atomic mass is 10.2. The Morgan fingerprint density at radius 2 is 2.22 bits per heavy atom. The first-order valence-corrected chi connectivity index (χ1v) is 7.30. The fourth-order valence-electron chi connectivity index (χ4n) is 2.29. The van der Waals surface area contributed by atoms with Gasteiger partial charge in [0.25, 0.3) is 5.95 Å². The number of rotatable bonds is 3. The highest BCUT2D eigenvalue weighted by Crippen LogP contribution is 2.16. The summed E-state index contributed by atoms with van der Waals surface area (Å²) in [6.45, 7) is 1.05. The molecule has 0 bridgehead atoms. The van der Waals surface area contributed by atoms with Crippen LogP contribution in [-0.4, -0.2) is 63.6 Å². The average molecular weight is 315 g/mol. The van der Waals surface area contributed by atoms with Crippen LogP contribution in [0.2, 0.25) is 0 Å². The van der Waals surface area contributed by atoms with Crippen LogP contribution in [0.25, 0.3) is 11.3 Å². The van der Waals surface area contributed by atoms with E-state index in [1.54, 1.807) is 11.1 Å². The molecular weight excluding hydrogens is 298 g/mol. The number of ether oxygens (including phenoxy) is 1. The SMILES string of the molecule is O=C(Nc1nncc(-c2ccccc2)n1)N1CCOC(CO)C1. The molecule has 23 heavy (non-hydrogen) atoms. The second kappa shape index (κ2) is 7.12. The molecule has 2 N–H and O–H groups in total. The van der Waals surface area contributed by atoms with Gasteiger partial charge in [-0.2, -0.15) is 5.10 Å². The highest BCUT2D eigenvalue weighted by Gasteiger charge is 2.24. The number of carbonyl (C=O) groups excluding carboxylic acids is 1. The minimum absolute atomic E-state index is 0.120. The number of hydrogen-bond acceptors (Lipinski definition) is 6. The van der Waals surface area contributed by atoms with E-state index in [1.807, 2.05) is 30.3 Å². The maximum atomic E-state index is 12.2. The summed E-state index contributed by atoms with van der Waals surface area (Å²) in [6.07, 6.45) is 1.19. The number of aliphatic hydroxyl groups is 1. The number of urea groups is 1. The van der Waals surface area contributed by atoms with Crippen LogP contribution < -0.4 is 5.32 Å². The van der Waals surface area contributed by atoms with E-state index in [-0.39, 0.29) is 24.7 Å². The number of anilines is 1. The van der Waals surface area contributed by atoms with Gasteiger partial charge in [0.05, 0.1) is 37.8 Å². The van der Waals surface area contributed by atoms with Crippen LogP contribution in [0.15, 0.2) is 36.5 Å². The van der Waals surface area contributed by atoms with Crippen LogP contribution in [0.5, 0.6) is 0 Å². The van der Waals surface area contributed by atoms with E-state index in [4.69, 9.17) is 9.84 Å². The number of morpholine rings is 1. The van der Waals surface area contributed by atoms with Crippen LogP contribution in [0, 0.1) is 0 Å². The van der Waals surface area contributed by atoms with Crippen molar-refractivity contribution in [2.45, 2.75) is 6.10 Å². The molecule has 2 heterocycles. The molecule has 3 rings (SSSR count). The van der Waals surface area contributed by atoms with Gasteiger partial charge in [0, 0.05) is 12.1 Å². The van der Waals surface area contributed by atoms with Gasteiger partial charge in [-0.15, -0.1) is 5.10 Å². The van der Waals surface area contributed by atoms with Crippen molar-refractivity contribution in [1.82, 2.24) is 20.1 Å². The van der Waals surface area contributed by atoms with E-state index < -0.39 is 0 Å². The smallest absolute Gasteiger partial charge is 0.324 e. The van der Waals surface area contributed by atoms with Crippen LogP contribution in [0.3, 0.4) is 0 Å². The van der Waals surface area contributed by atoms with Crippen molar-refractivity contribution in [3.63, 3.8) is 0 Å². The summed E-state index contributed by atoms with van der Waals surface area (Å²) in [7, 11) is 0. The van der Waals surface area contributed by atoms with Crippen molar-refractivity contribution in [2.24, 2.45) is 0 Å². The second-order valence-corrected chi connectivity index (χ2v) is 5.08. The molecule has 0 saturated carbocycles. The molecule has 1 fully saturated rings. The molecule has 8 nitrogen and oxygen atoms in total. The number of hydrogen-bond donors (Lipinski definition) is 2. The monoisotopic (exact) mass is 315 g/mol. The van der Waals surface area contributed by atoms with Crippen LogP contribution in [0.1, 0.15) is 0 Å². The van der Waals surface area contributed by atoms with Crippen LogP contribution in [0.4, 0.5) is 10.7 Å². The fourth-order valence-corrected chi connectivity index (χ4v) is 2.29. The van der Waals surface area contributed by atoms with Crippen molar-refractivity contribution in [3.05, 3.63) is 36.5 Å². The van der Waals surface area contributed by atoms with Gasteiger partial charge in [0.2, 0.25) is 0 Å². The molecule has 1 aliphatic rings. The van der Waals surface area contributed by atoms with Gasteiger partial charge in [-0.1, -0.05) is 30.3 Å². The maximum Gasteiger partial charge on any atom is 0.324 e. The Hall–Kier alpha value is -2.58. The number of aromatic nitrogens is 3. The number of nitrogens with one attached hydrogen (secondary N) is 1. The third-order valence-electron chi connectivity index (χ3n) is 3.48. The van der Waals surface area contributed by atoms with Gasteiger partial charge in [0.15, 0.2) is 0 Å². The Bertz CT molecular complexity index is 667. The van der Waals surface area contributed by atoms with E-state index in [0.29, 0.717) is 25.4 Å². The Balaban J connectivity index is 1.69. The van der Waals surface area contributed by atoms with Crippen molar-refractivity contribution in [2.75, 3.05) is 31.6 Å². The summed E-state index contributed by atoms with van der Waals surface area (Å²) in [5.74, 6) is 0.142. The van der Waals surface area contributed by atoms with Gasteiger partial charge in [0.1, 0.15) is 0 Å². The standard InChI is InChI=1S/C15H17N5O3/c21-10-12-9-20(6-7-23-12)15(22)18-14-17-13(8-16-19-14)11-4-2-1-3-5-11/h1-5,8,12,21H,6-7,9-10H2,(H,17,18,19,22). The van der Waals surface area contributed by atoms with Gasteiger partial charge < -0.3 is 14.7 Å². The van der Waals surface area contributed by atoms with E-state index in [0.717, 1.165) is 5.56 Å². The predicted molar refractivity (Wildman–Crippen MR) is 82.7 cm³/mol. The highest BCUT2D eigenvalue weighted by atomic mass is 16.5. The highest BCUT2D eigenvalue weighted by molar-refractivity contribution is 5.87. The number of carbonyl (C=O) groups is 1. The Kier molecular flexibility index (Phi) is 4.74. The molecule has 0 radical (unpaired) electrons. The largest absolute Gasteiger partial charge is 0.394 e. The second-order valence-electron chi connectivity index (χ2n) is 5.08. The summed E-state index contributed by atoms with van der Waals surface area (Å²) >= 11 is 0. The Morgan fingerprint density at radius 3 is 3.00 bits per heavy atom. The number of nitrogens with zero attached hydrogens (tertiary/aromatic N) is 4. The molecule has 8 heteroatoms. The lowest BCUT2D eigenvalue weighted by Gasteiger charge is -2.31. The molecule has 1 aromatic carbocycles. The number of benzene rings is 1. The first kappa shape index (κ1) is 15.3. The predicted octanol–water partition coefficient (Wildman–Crippen LogP) is 0.764. The molecule has 1 unspecified atom stereocenters. The Morgan fingerprint density at radius 1 is 1.39 bits per heavy atom. The zero-order chi connectivity index (χ0) is 16.1. The van der Waals surface area contributed by atoms with E-state index in [2.05, 4.69) is 20.5 Å². The lowest BCUT2D eigenvalue weighted by Crippen LogP contribution is -2.48. The number of aliphatic hydroxyl groups excluding tert-OH is 1. The van der Waals surface area contributed by atoms with E-state index >= 15 is 0 Å². The molecule has 0 spiro atoms. The van der Waals surface area contributed by atoms with Crippen molar-refractivity contribution in [1.29, 1.82) is 0 Å². The third kappa shape index (κ3) is 3.79. The fraction of sp³-hybridized carbons (Fsp3) is 0.333. The minimum atomic E-state index is -0.357. The normalized spacial score (nSPS) is 17.8. The Labute approximate surface area is 133 Å². The lowest BCUT2D eigenvalue weighted by molar-refractivity contribution is -0.0388. The molecule has 1 aliphatic heterocycles. The molecule has 1 saturated heterocycles. The first-order valence-electron chi connectivity index (χ1n) is 7.30. The third-order valence-corrected chi connectivity index (χ3v) is 3.48. The molecule has 2 amide bonds. The van der Waals surface area contributed by atoms with Crippen LogP contribution in [-0.2, 0) is 4.74 Å². The zero-order valence-corrected chi connectivity index (χ0v) is 12.4.